The molecule has 0 bridgehead atoms. The van der Waals surface area contributed by atoms with Gasteiger partial charge in [0.15, 0.2) is 0 Å². The molecule has 1 rings (SSSR count). The van der Waals surface area contributed by atoms with Crippen LogP contribution in [0.4, 0.5) is 0 Å². The zero-order valence-corrected chi connectivity index (χ0v) is 13.9. The monoisotopic (exact) mass is 313 g/mol. The van der Waals surface area contributed by atoms with E-state index in [1.165, 1.54) is 19.3 Å². The highest BCUT2D eigenvalue weighted by Gasteiger charge is 2.23. The van der Waals surface area contributed by atoms with E-state index in [0.29, 0.717) is 18.5 Å². The highest BCUT2D eigenvalue weighted by molar-refractivity contribution is 5.85. The molecule has 4 nitrogen and oxygen atoms in total. The number of hydrogen-bond acceptors (Lipinski definition) is 3. The van der Waals surface area contributed by atoms with Gasteiger partial charge in [0, 0.05) is 38.1 Å². The number of nitrogens with one attached hydrogen (secondary N) is 2. The number of carbonyl (C=O) groups is 1. The zero-order chi connectivity index (χ0) is 12.7. The number of nitrogens with zero attached hydrogens (tertiary/aromatic N) is 1. The maximum Gasteiger partial charge on any atom is 0.221 e. The van der Waals surface area contributed by atoms with E-state index in [1.54, 1.807) is 0 Å². The van der Waals surface area contributed by atoms with Crippen molar-refractivity contribution in [3.8, 4) is 0 Å². The average Bonchev–Trinajstić information content (AvgIpc) is 2.30. The van der Waals surface area contributed by atoms with Crippen LogP contribution in [0.15, 0.2) is 0 Å². The molecule has 1 saturated heterocycles. The van der Waals surface area contributed by atoms with E-state index in [2.05, 4.69) is 29.4 Å². The van der Waals surface area contributed by atoms with Gasteiger partial charge in [-0.3, -0.25) is 9.69 Å². The number of piperidine rings is 1. The van der Waals surface area contributed by atoms with Gasteiger partial charge in [0.05, 0.1) is 0 Å². The van der Waals surface area contributed by atoms with Crippen LogP contribution in [0.1, 0.15) is 39.5 Å². The van der Waals surface area contributed by atoms with Gasteiger partial charge in [0.25, 0.3) is 0 Å². The number of rotatable bonds is 6. The first-order valence-corrected chi connectivity index (χ1v) is 6.82. The first-order chi connectivity index (χ1) is 8.15. The molecule has 19 heavy (non-hydrogen) atoms. The van der Waals surface area contributed by atoms with E-state index in [9.17, 15) is 4.79 Å². The average molecular weight is 314 g/mol. The molecule has 0 radical (unpaired) electrons. The molecule has 2 unspecified atom stereocenters. The Morgan fingerprint density at radius 1 is 1.16 bits per heavy atom. The normalized spacial score (nSPS) is 23.1. The second-order valence-electron chi connectivity index (χ2n) is 5.07. The molecule has 1 aliphatic heterocycles. The van der Waals surface area contributed by atoms with Crippen LogP contribution in [0.2, 0.25) is 0 Å². The minimum absolute atomic E-state index is 0. The van der Waals surface area contributed by atoms with Gasteiger partial charge >= 0.3 is 0 Å². The lowest BCUT2D eigenvalue weighted by Gasteiger charge is -2.39. The molecule has 0 spiro atoms. The smallest absolute Gasteiger partial charge is 0.221 e. The number of halogens is 2. The summed E-state index contributed by atoms with van der Waals surface area (Å²) in [5.74, 6) is 0.150. The fourth-order valence-corrected chi connectivity index (χ4v) is 2.57. The van der Waals surface area contributed by atoms with Crippen molar-refractivity contribution in [3.63, 3.8) is 0 Å². The molecule has 1 heterocycles. The molecule has 6 heteroatoms. The van der Waals surface area contributed by atoms with Gasteiger partial charge in [0.1, 0.15) is 0 Å². The van der Waals surface area contributed by atoms with E-state index < -0.39 is 0 Å². The van der Waals surface area contributed by atoms with E-state index in [0.717, 1.165) is 19.6 Å². The van der Waals surface area contributed by atoms with Crippen molar-refractivity contribution in [2.45, 2.75) is 51.6 Å². The fraction of sp³-hybridized carbons (Fsp3) is 0.923. The van der Waals surface area contributed by atoms with Gasteiger partial charge in [0.2, 0.25) is 5.91 Å². The molecule has 2 N–H and O–H groups in total. The van der Waals surface area contributed by atoms with Gasteiger partial charge in [-0.1, -0.05) is 6.42 Å². The lowest BCUT2D eigenvalue weighted by atomic mass is 9.98. The SMILES string of the molecule is CNCCC(=O)NCCN1C(C)CCCC1C.Cl.Cl. The van der Waals surface area contributed by atoms with Crippen LogP contribution in [0.5, 0.6) is 0 Å². The molecule has 0 aromatic heterocycles. The maximum absolute atomic E-state index is 11.4. The van der Waals surface area contributed by atoms with Gasteiger partial charge < -0.3 is 10.6 Å². The Bertz CT molecular complexity index is 232. The number of likely N-dealkylation sites (tertiary alicyclic amines) is 1. The Balaban J connectivity index is 0. The summed E-state index contributed by atoms with van der Waals surface area (Å²) in [5, 5.41) is 5.97. The highest BCUT2D eigenvalue weighted by Crippen LogP contribution is 2.21. The molecule has 1 aliphatic rings. The molecular weight excluding hydrogens is 285 g/mol. The molecular formula is C13H29Cl2N3O. The summed E-state index contributed by atoms with van der Waals surface area (Å²) in [6.07, 6.45) is 4.49. The molecule has 0 aromatic carbocycles. The van der Waals surface area contributed by atoms with Crippen LogP contribution in [0.25, 0.3) is 0 Å². The number of hydrogen-bond donors (Lipinski definition) is 2. The van der Waals surface area contributed by atoms with Crippen LogP contribution in [-0.4, -0.2) is 49.6 Å². The Kier molecular flexibility index (Phi) is 13.2. The predicted molar refractivity (Wildman–Crippen MR) is 85.5 cm³/mol. The quantitative estimate of drug-likeness (QED) is 0.786. The molecule has 0 aliphatic carbocycles. The summed E-state index contributed by atoms with van der Waals surface area (Å²) in [4.78, 5) is 14.0. The molecule has 2 atom stereocenters. The summed E-state index contributed by atoms with van der Waals surface area (Å²) >= 11 is 0. The molecule has 116 valence electrons. The second kappa shape index (κ2) is 11.8. The third kappa shape index (κ3) is 7.98. The summed E-state index contributed by atoms with van der Waals surface area (Å²) < 4.78 is 0. The highest BCUT2D eigenvalue weighted by atomic mass is 35.5. The van der Waals surface area contributed by atoms with E-state index in [4.69, 9.17) is 0 Å². The Hall–Kier alpha value is -0.0300. The number of carbonyl (C=O) groups excluding carboxylic acids is 1. The van der Waals surface area contributed by atoms with Crippen molar-refractivity contribution in [1.29, 1.82) is 0 Å². The summed E-state index contributed by atoms with van der Waals surface area (Å²) in [5.41, 5.74) is 0. The first-order valence-electron chi connectivity index (χ1n) is 6.82. The third-order valence-electron chi connectivity index (χ3n) is 3.67. The van der Waals surface area contributed by atoms with Crippen LogP contribution in [0, 0.1) is 0 Å². The van der Waals surface area contributed by atoms with Crippen LogP contribution < -0.4 is 10.6 Å². The fourth-order valence-electron chi connectivity index (χ4n) is 2.57. The zero-order valence-electron chi connectivity index (χ0n) is 12.3. The lowest BCUT2D eigenvalue weighted by Crippen LogP contribution is -2.47. The maximum atomic E-state index is 11.4. The van der Waals surface area contributed by atoms with E-state index in [-0.39, 0.29) is 30.7 Å². The van der Waals surface area contributed by atoms with Crippen molar-refractivity contribution in [2.75, 3.05) is 26.7 Å². The standard InChI is InChI=1S/C13H27N3O.2ClH/c1-11-5-4-6-12(2)16(11)10-9-15-13(17)7-8-14-3;;/h11-12,14H,4-10H2,1-3H3,(H,15,17);2*1H. The first kappa shape index (κ1) is 21.3. The minimum atomic E-state index is 0. The van der Waals surface area contributed by atoms with Gasteiger partial charge in [-0.15, -0.1) is 24.8 Å². The van der Waals surface area contributed by atoms with E-state index >= 15 is 0 Å². The Morgan fingerprint density at radius 2 is 1.74 bits per heavy atom. The molecule has 1 amide bonds. The number of amides is 1. The second-order valence-corrected chi connectivity index (χ2v) is 5.07. The lowest BCUT2D eigenvalue weighted by molar-refractivity contribution is -0.121. The Morgan fingerprint density at radius 3 is 2.26 bits per heavy atom. The summed E-state index contributed by atoms with van der Waals surface area (Å²) in [6, 6.07) is 1.32. The van der Waals surface area contributed by atoms with Crippen LogP contribution in [0.3, 0.4) is 0 Å². The van der Waals surface area contributed by atoms with Crippen molar-refractivity contribution in [3.05, 3.63) is 0 Å². The summed E-state index contributed by atoms with van der Waals surface area (Å²) in [7, 11) is 1.87. The molecule has 0 aromatic rings. The summed E-state index contributed by atoms with van der Waals surface area (Å²) in [6.45, 7) is 7.09. The Labute approximate surface area is 129 Å². The van der Waals surface area contributed by atoms with Crippen LogP contribution in [-0.2, 0) is 4.79 Å². The van der Waals surface area contributed by atoms with Crippen molar-refractivity contribution in [1.82, 2.24) is 15.5 Å². The molecule has 0 saturated carbocycles. The van der Waals surface area contributed by atoms with E-state index in [1.807, 2.05) is 7.05 Å². The minimum Gasteiger partial charge on any atom is -0.355 e. The third-order valence-corrected chi connectivity index (χ3v) is 3.67. The largest absolute Gasteiger partial charge is 0.355 e. The van der Waals surface area contributed by atoms with Gasteiger partial charge in [-0.05, 0) is 33.7 Å². The van der Waals surface area contributed by atoms with Crippen LogP contribution >= 0.6 is 24.8 Å². The van der Waals surface area contributed by atoms with Crippen molar-refractivity contribution in [2.24, 2.45) is 0 Å². The molecule has 1 fully saturated rings. The van der Waals surface area contributed by atoms with Crippen molar-refractivity contribution >= 4 is 30.7 Å². The van der Waals surface area contributed by atoms with Gasteiger partial charge in [-0.2, -0.15) is 0 Å². The topological polar surface area (TPSA) is 44.4 Å². The van der Waals surface area contributed by atoms with Gasteiger partial charge in [-0.25, -0.2) is 0 Å². The van der Waals surface area contributed by atoms with Crippen molar-refractivity contribution < 1.29 is 4.79 Å². The predicted octanol–water partition coefficient (Wildman–Crippen LogP) is 1.82.